The van der Waals surface area contributed by atoms with E-state index in [1.54, 1.807) is 0 Å². The summed E-state index contributed by atoms with van der Waals surface area (Å²) in [6.45, 7) is 5.84. The van der Waals surface area contributed by atoms with Gasteiger partial charge in [0.05, 0.1) is 0 Å². The Labute approximate surface area is 167 Å². The summed E-state index contributed by atoms with van der Waals surface area (Å²) in [5, 5.41) is 7.62. The Morgan fingerprint density at radius 2 is 1.96 bits per heavy atom. The van der Waals surface area contributed by atoms with Crippen LogP contribution in [0.15, 0.2) is 23.2 Å². The number of thioether (sulfide) groups is 1. The van der Waals surface area contributed by atoms with Gasteiger partial charge in [-0.15, -0.1) is 0 Å². The molecule has 0 aromatic heterocycles. The molecular formula is C19H32ClN5S. The van der Waals surface area contributed by atoms with Gasteiger partial charge < -0.3 is 20.4 Å². The molecule has 2 N–H and O–H groups in total. The first-order chi connectivity index (χ1) is 12.7. The third-order valence-corrected chi connectivity index (χ3v) is 5.71. The van der Waals surface area contributed by atoms with Gasteiger partial charge in [-0.2, -0.15) is 11.8 Å². The summed E-state index contributed by atoms with van der Waals surface area (Å²) in [6, 6.07) is 6.18. The molecule has 1 aromatic carbocycles. The van der Waals surface area contributed by atoms with Crippen LogP contribution in [0.5, 0.6) is 0 Å². The second kappa shape index (κ2) is 11.6. The van der Waals surface area contributed by atoms with E-state index in [2.05, 4.69) is 44.8 Å². The normalized spacial score (nSPS) is 16.0. The highest BCUT2D eigenvalue weighted by molar-refractivity contribution is 7.98. The van der Waals surface area contributed by atoms with Crippen molar-refractivity contribution in [1.29, 1.82) is 0 Å². The molecule has 5 nitrogen and oxygen atoms in total. The van der Waals surface area contributed by atoms with E-state index in [1.807, 2.05) is 30.9 Å². The monoisotopic (exact) mass is 397 g/mol. The Hall–Kier alpha value is -1.11. The first kappa shape index (κ1) is 21.2. The maximum atomic E-state index is 6.53. The summed E-state index contributed by atoms with van der Waals surface area (Å²) in [5.74, 6) is 2.04. The van der Waals surface area contributed by atoms with Gasteiger partial charge in [-0.3, -0.25) is 4.99 Å². The Kier molecular flexibility index (Phi) is 9.43. The van der Waals surface area contributed by atoms with Crippen molar-refractivity contribution < 1.29 is 0 Å². The topological polar surface area (TPSA) is 42.9 Å². The molecular weight excluding hydrogens is 366 g/mol. The van der Waals surface area contributed by atoms with Crippen LogP contribution in [0.1, 0.15) is 18.4 Å². The number of hydrogen-bond donors (Lipinski definition) is 2. The van der Waals surface area contributed by atoms with Crippen LogP contribution in [0.4, 0.5) is 5.69 Å². The lowest BCUT2D eigenvalue weighted by molar-refractivity contribution is 0.312. The van der Waals surface area contributed by atoms with Crippen LogP contribution in [0.25, 0.3) is 0 Å². The van der Waals surface area contributed by atoms with Crippen LogP contribution in [0.3, 0.4) is 0 Å². The van der Waals surface area contributed by atoms with E-state index < -0.39 is 0 Å². The molecule has 0 atom stereocenters. The number of guanidine groups is 1. The van der Waals surface area contributed by atoms with Gasteiger partial charge in [0.25, 0.3) is 0 Å². The van der Waals surface area contributed by atoms with E-state index in [-0.39, 0.29) is 0 Å². The summed E-state index contributed by atoms with van der Waals surface area (Å²) < 4.78 is 0. The fraction of sp³-hybridized carbons (Fsp3) is 0.632. The number of unbranched alkanes of at least 4 members (excludes halogenated alkanes) is 1. The van der Waals surface area contributed by atoms with Crippen molar-refractivity contribution in [2.45, 2.75) is 19.4 Å². The zero-order valence-electron chi connectivity index (χ0n) is 16.2. The lowest BCUT2D eigenvalue weighted by Crippen LogP contribution is -2.45. The van der Waals surface area contributed by atoms with Crippen molar-refractivity contribution in [3.8, 4) is 0 Å². The molecule has 0 aliphatic carbocycles. The van der Waals surface area contributed by atoms with Crippen molar-refractivity contribution >= 4 is 35.0 Å². The van der Waals surface area contributed by atoms with Crippen LogP contribution in [-0.4, -0.2) is 69.7 Å². The first-order valence-electron chi connectivity index (χ1n) is 9.30. The summed E-state index contributed by atoms with van der Waals surface area (Å²) in [5.41, 5.74) is 2.37. The van der Waals surface area contributed by atoms with Crippen LogP contribution < -0.4 is 15.5 Å². The fourth-order valence-electron chi connectivity index (χ4n) is 3.04. The molecule has 0 spiro atoms. The molecule has 7 heteroatoms. The van der Waals surface area contributed by atoms with Gasteiger partial charge in [0.2, 0.25) is 0 Å². The van der Waals surface area contributed by atoms with E-state index >= 15 is 0 Å². The predicted octanol–water partition coefficient (Wildman–Crippen LogP) is 2.90. The number of piperazine rings is 1. The number of halogens is 1. The van der Waals surface area contributed by atoms with Crippen molar-refractivity contribution in [2.24, 2.45) is 4.99 Å². The van der Waals surface area contributed by atoms with Gasteiger partial charge >= 0.3 is 0 Å². The lowest BCUT2D eigenvalue weighted by Gasteiger charge is -2.35. The average Bonchev–Trinajstić information content (AvgIpc) is 2.65. The average molecular weight is 398 g/mol. The van der Waals surface area contributed by atoms with Crippen molar-refractivity contribution in [1.82, 2.24) is 15.5 Å². The predicted molar refractivity (Wildman–Crippen MR) is 117 cm³/mol. The molecule has 1 saturated heterocycles. The minimum absolute atomic E-state index is 0.672. The number of nitrogens with one attached hydrogen (secondary N) is 2. The van der Waals surface area contributed by atoms with Crippen molar-refractivity contribution in [3.63, 3.8) is 0 Å². The molecule has 0 bridgehead atoms. The van der Waals surface area contributed by atoms with Gasteiger partial charge in [-0.1, -0.05) is 17.7 Å². The van der Waals surface area contributed by atoms with E-state index in [0.717, 1.165) is 55.7 Å². The molecule has 0 radical (unpaired) electrons. The molecule has 146 valence electrons. The van der Waals surface area contributed by atoms with Crippen molar-refractivity contribution in [2.75, 3.05) is 63.7 Å². The van der Waals surface area contributed by atoms with Gasteiger partial charge in [-0.25, -0.2) is 0 Å². The highest BCUT2D eigenvalue weighted by Gasteiger charge is 2.18. The summed E-state index contributed by atoms with van der Waals surface area (Å²) in [4.78, 5) is 9.12. The van der Waals surface area contributed by atoms with Gasteiger partial charge in [0.15, 0.2) is 5.96 Å². The molecule has 0 unspecified atom stereocenters. The smallest absolute Gasteiger partial charge is 0.191 e. The molecule has 1 aromatic rings. The molecule has 1 heterocycles. The third kappa shape index (κ3) is 6.56. The third-order valence-electron chi connectivity index (χ3n) is 4.66. The first-order valence-corrected chi connectivity index (χ1v) is 11.1. The quantitative estimate of drug-likeness (QED) is 0.401. The van der Waals surface area contributed by atoms with Gasteiger partial charge in [0.1, 0.15) is 0 Å². The van der Waals surface area contributed by atoms with Crippen LogP contribution in [0.2, 0.25) is 5.02 Å². The number of rotatable bonds is 8. The van der Waals surface area contributed by atoms with Gasteiger partial charge in [0, 0.05) is 62.6 Å². The van der Waals surface area contributed by atoms with Crippen LogP contribution in [-0.2, 0) is 6.54 Å². The zero-order valence-corrected chi connectivity index (χ0v) is 17.8. The Balaban J connectivity index is 1.93. The highest BCUT2D eigenvalue weighted by Crippen LogP contribution is 2.28. The number of anilines is 1. The summed E-state index contributed by atoms with van der Waals surface area (Å²) in [7, 11) is 3.98. The maximum Gasteiger partial charge on any atom is 0.191 e. The maximum absolute atomic E-state index is 6.53. The molecule has 1 aliphatic rings. The minimum Gasteiger partial charge on any atom is -0.369 e. The number of benzene rings is 1. The Morgan fingerprint density at radius 1 is 1.19 bits per heavy atom. The number of likely N-dealkylation sites (N-methyl/N-ethyl adjacent to an activating group) is 1. The van der Waals surface area contributed by atoms with E-state index in [4.69, 9.17) is 11.6 Å². The standard InChI is InChI=1S/C19H32ClN5S/c1-21-19(22-9-4-5-14-26-3)23-15-16-17(20)7-6-8-18(16)25-12-10-24(2)11-13-25/h6-8H,4-5,9-15H2,1-3H3,(H2,21,22,23). The minimum atomic E-state index is 0.672. The summed E-state index contributed by atoms with van der Waals surface area (Å²) >= 11 is 8.42. The number of nitrogens with zero attached hydrogens (tertiary/aromatic N) is 3. The van der Waals surface area contributed by atoms with Gasteiger partial charge in [-0.05, 0) is 44.0 Å². The molecule has 0 amide bonds. The largest absolute Gasteiger partial charge is 0.369 e. The number of aliphatic imine (C=N–C) groups is 1. The summed E-state index contributed by atoms with van der Waals surface area (Å²) in [6.07, 6.45) is 4.53. The van der Waals surface area contributed by atoms with E-state index in [9.17, 15) is 0 Å². The lowest BCUT2D eigenvalue weighted by atomic mass is 10.1. The zero-order chi connectivity index (χ0) is 18.8. The molecule has 0 saturated carbocycles. The molecule has 1 aliphatic heterocycles. The SMILES string of the molecule is CN=C(NCCCCSC)NCc1c(Cl)cccc1N1CCN(C)CC1. The fourth-order valence-corrected chi connectivity index (χ4v) is 3.77. The second-order valence-electron chi connectivity index (χ2n) is 6.58. The molecule has 1 fully saturated rings. The molecule has 2 rings (SSSR count). The second-order valence-corrected chi connectivity index (χ2v) is 7.97. The number of hydrogen-bond acceptors (Lipinski definition) is 4. The van der Waals surface area contributed by atoms with Crippen LogP contribution in [0, 0.1) is 0 Å². The Morgan fingerprint density at radius 3 is 2.65 bits per heavy atom. The highest BCUT2D eigenvalue weighted by atomic mass is 35.5. The van der Waals surface area contributed by atoms with E-state index in [0.29, 0.717) is 6.54 Å². The van der Waals surface area contributed by atoms with E-state index in [1.165, 1.54) is 17.9 Å². The van der Waals surface area contributed by atoms with Crippen LogP contribution >= 0.6 is 23.4 Å². The Bertz CT molecular complexity index is 573. The van der Waals surface area contributed by atoms with Crippen molar-refractivity contribution in [3.05, 3.63) is 28.8 Å². The molecule has 26 heavy (non-hydrogen) atoms.